The van der Waals surface area contributed by atoms with Crippen molar-refractivity contribution in [3.8, 4) is 5.75 Å². The number of hydrogen-bond donors (Lipinski definition) is 0. The van der Waals surface area contributed by atoms with Gasteiger partial charge < -0.3 is 4.74 Å². The molecule has 4 rings (SSSR count). The van der Waals surface area contributed by atoms with Gasteiger partial charge in [0.1, 0.15) is 5.82 Å². The van der Waals surface area contributed by atoms with E-state index >= 15 is 0 Å². The lowest BCUT2D eigenvalue weighted by atomic mass is 9.99. The number of methoxy groups -OCH3 is 1. The van der Waals surface area contributed by atoms with Crippen LogP contribution in [0.4, 0.5) is 4.39 Å². The normalized spacial score (nSPS) is 18.7. The van der Waals surface area contributed by atoms with Crippen molar-refractivity contribution in [2.45, 2.75) is 23.7 Å². The van der Waals surface area contributed by atoms with Gasteiger partial charge in [-0.15, -0.1) is 10.2 Å². The molecule has 1 saturated heterocycles. The maximum Gasteiger partial charge on any atom is 0.243 e. The minimum Gasteiger partial charge on any atom is -0.494 e. The van der Waals surface area contributed by atoms with E-state index in [0.717, 1.165) is 24.0 Å². The summed E-state index contributed by atoms with van der Waals surface area (Å²) in [5.74, 6) is -0.0172. The maximum absolute atomic E-state index is 14.0. The fourth-order valence-electron chi connectivity index (χ4n) is 3.47. The van der Waals surface area contributed by atoms with Crippen molar-refractivity contribution in [1.29, 1.82) is 0 Å². The summed E-state index contributed by atoms with van der Waals surface area (Å²) in [6.45, 7) is 0.675. The number of pyridine rings is 1. The Kier molecular flexibility index (Phi) is 4.56. The third kappa shape index (κ3) is 3.17. The Morgan fingerprint density at radius 1 is 1.22 bits per heavy atom. The minimum atomic E-state index is -3.81. The van der Waals surface area contributed by atoms with Crippen LogP contribution in [0.3, 0.4) is 0 Å². The van der Waals surface area contributed by atoms with Crippen molar-refractivity contribution in [1.82, 2.24) is 18.9 Å². The molecule has 0 unspecified atom stereocenters. The van der Waals surface area contributed by atoms with Crippen LogP contribution in [0.2, 0.25) is 0 Å². The van der Waals surface area contributed by atoms with Crippen molar-refractivity contribution >= 4 is 15.7 Å². The maximum atomic E-state index is 14.0. The van der Waals surface area contributed by atoms with Crippen LogP contribution < -0.4 is 4.74 Å². The average Bonchev–Trinajstić information content (AvgIpc) is 3.12. The van der Waals surface area contributed by atoms with E-state index in [1.165, 1.54) is 23.5 Å². The van der Waals surface area contributed by atoms with Gasteiger partial charge in [-0.2, -0.15) is 4.31 Å². The van der Waals surface area contributed by atoms with Crippen molar-refractivity contribution in [3.63, 3.8) is 0 Å². The van der Waals surface area contributed by atoms with Gasteiger partial charge in [-0.1, -0.05) is 6.07 Å². The van der Waals surface area contributed by atoms with Crippen LogP contribution in [0.5, 0.6) is 5.75 Å². The number of aromatic nitrogens is 3. The number of nitrogens with zero attached hydrogens (tertiary/aromatic N) is 4. The van der Waals surface area contributed by atoms with Gasteiger partial charge in [0.15, 0.2) is 17.2 Å². The molecule has 1 aromatic carbocycles. The Labute approximate surface area is 156 Å². The predicted octanol–water partition coefficient (Wildman–Crippen LogP) is 2.45. The third-order valence-electron chi connectivity index (χ3n) is 4.85. The molecule has 2 aromatic heterocycles. The van der Waals surface area contributed by atoms with Crippen LogP contribution in [0, 0.1) is 5.82 Å². The second kappa shape index (κ2) is 6.90. The highest BCUT2D eigenvalue weighted by molar-refractivity contribution is 7.89. The molecule has 0 amide bonds. The number of hydrogen-bond acceptors (Lipinski definition) is 5. The Morgan fingerprint density at radius 3 is 2.85 bits per heavy atom. The Bertz CT molecular complexity index is 1080. The van der Waals surface area contributed by atoms with Gasteiger partial charge in [0.05, 0.1) is 12.0 Å². The first kappa shape index (κ1) is 17.9. The molecule has 3 heterocycles. The number of ether oxygens (including phenoxy) is 1. The number of piperidine rings is 1. The fraction of sp³-hybridized carbons (Fsp3) is 0.333. The van der Waals surface area contributed by atoms with Gasteiger partial charge >= 0.3 is 0 Å². The predicted molar refractivity (Wildman–Crippen MR) is 96.7 cm³/mol. The Morgan fingerprint density at radius 2 is 2.07 bits per heavy atom. The standard InChI is InChI=1S/C18H19FN4O3S/c1-26-16-8-7-14(11-15(16)19)27(24,25)22-9-4-5-13(12-22)18-21-20-17-6-2-3-10-23(17)18/h2-3,6-8,10-11,13H,4-5,9,12H2,1H3/t13-/m0/s1. The lowest BCUT2D eigenvalue weighted by Crippen LogP contribution is -2.39. The van der Waals surface area contributed by atoms with E-state index in [4.69, 9.17) is 4.74 Å². The zero-order valence-corrected chi connectivity index (χ0v) is 15.6. The average molecular weight is 390 g/mol. The molecule has 1 aliphatic rings. The SMILES string of the molecule is COc1ccc(S(=O)(=O)N2CCC[C@H](c3nnc4ccccn34)C2)cc1F. The highest BCUT2D eigenvalue weighted by Crippen LogP contribution is 2.30. The molecular weight excluding hydrogens is 371 g/mol. The lowest BCUT2D eigenvalue weighted by molar-refractivity contribution is 0.308. The summed E-state index contributed by atoms with van der Waals surface area (Å²) in [7, 11) is -2.47. The van der Waals surface area contributed by atoms with E-state index in [2.05, 4.69) is 10.2 Å². The monoisotopic (exact) mass is 390 g/mol. The van der Waals surface area contributed by atoms with E-state index in [1.807, 2.05) is 28.8 Å². The molecule has 0 N–H and O–H groups in total. The van der Waals surface area contributed by atoms with Crippen LogP contribution in [-0.2, 0) is 10.0 Å². The summed E-state index contributed by atoms with van der Waals surface area (Å²) in [5, 5.41) is 8.41. The molecule has 1 atom stereocenters. The highest BCUT2D eigenvalue weighted by atomic mass is 32.2. The third-order valence-corrected chi connectivity index (χ3v) is 6.71. The van der Waals surface area contributed by atoms with Gasteiger partial charge in [-0.3, -0.25) is 4.40 Å². The first-order valence-electron chi connectivity index (χ1n) is 8.64. The molecule has 27 heavy (non-hydrogen) atoms. The van der Waals surface area contributed by atoms with E-state index in [1.54, 1.807) is 0 Å². The van der Waals surface area contributed by atoms with Crippen LogP contribution in [-0.4, -0.2) is 47.5 Å². The second-order valence-electron chi connectivity index (χ2n) is 6.49. The summed E-state index contributed by atoms with van der Waals surface area (Å²) in [6.07, 6.45) is 3.39. The van der Waals surface area contributed by atoms with E-state index in [9.17, 15) is 12.8 Å². The molecule has 1 fully saturated rings. The second-order valence-corrected chi connectivity index (χ2v) is 8.42. The summed E-state index contributed by atoms with van der Waals surface area (Å²) >= 11 is 0. The number of halogens is 1. The lowest BCUT2D eigenvalue weighted by Gasteiger charge is -2.31. The summed E-state index contributed by atoms with van der Waals surface area (Å²) in [5.41, 5.74) is 0.727. The molecule has 142 valence electrons. The van der Waals surface area contributed by atoms with Gasteiger partial charge in [0.2, 0.25) is 10.0 Å². The Hall–Kier alpha value is -2.52. The van der Waals surface area contributed by atoms with Gasteiger partial charge in [-0.25, -0.2) is 12.8 Å². The van der Waals surface area contributed by atoms with Crippen molar-refractivity contribution in [3.05, 3.63) is 54.2 Å². The molecule has 0 bridgehead atoms. The van der Waals surface area contributed by atoms with Crippen LogP contribution >= 0.6 is 0 Å². The molecule has 0 saturated carbocycles. The fourth-order valence-corrected chi connectivity index (χ4v) is 5.00. The van der Waals surface area contributed by atoms with E-state index in [-0.39, 0.29) is 23.1 Å². The molecule has 0 radical (unpaired) electrons. The largest absolute Gasteiger partial charge is 0.494 e. The summed E-state index contributed by atoms with van der Waals surface area (Å²) in [4.78, 5) is -0.0763. The molecule has 1 aliphatic heterocycles. The quantitative estimate of drug-likeness (QED) is 0.684. The smallest absolute Gasteiger partial charge is 0.243 e. The van der Waals surface area contributed by atoms with Gasteiger partial charge in [0, 0.05) is 25.2 Å². The van der Waals surface area contributed by atoms with Gasteiger partial charge in [0.25, 0.3) is 0 Å². The molecule has 7 nitrogen and oxygen atoms in total. The van der Waals surface area contributed by atoms with E-state index in [0.29, 0.717) is 13.0 Å². The first-order chi connectivity index (χ1) is 13.0. The van der Waals surface area contributed by atoms with Crippen molar-refractivity contribution in [2.75, 3.05) is 20.2 Å². The molecular formula is C18H19FN4O3S. The first-order valence-corrected chi connectivity index (χ1v) is 10.1. The number of fused-ring (bicyclic) bond motifs is 1. The van der Waals surface area contributed by atoms with Crippen molar-refractivity contribution < 1.29 is 17.5 Å². The zero-order chi connectivity index (χ0) is 19.0. The summed E-state index contributed by atoms with van der Waals surface area (Å²) in [6, 6.07) is 9.32. The van der Waals surface area contributed by atoms with E-state index < -0.39 is 15.8 Å². The molecule has 0 aliphatic carbocycles. The van der Waals surface area contributed by atoms with Crippen LogP contribution in [0.1, 0.15) is 24.6 Å². The van der Waals surface area contributed by atoms with Crippen molar-refractivity contribution in [2.24, 2.45) is 0 Å². The minimum absolute atomic E-state index is 0.0143. The highest BCUT2D eigenvalue weighted by Gasteiger charge is 2.33. The molecule has 3 aromatic rings. The number of sulfonamides is 1. The Balaban J connectivity index is 1.63. The summed E-state index contributed by atoms with van der Waals surface area (Å²) < 4.78 is 48.1. The molecule has 9 heteroatoms. The van der Waals surface area contributed by atoms with Gasteiger partial charge in [-0.05, 0) is 43.2 Å². The zero-order valence-electron chi connectivity index (χ0n) is 14.7. The number of benzene rings is 1. The van der Waals surface area contributed by atoms with Crippen LogP contribution in [0.15, 0.2) is 47.5 Å². The topological polar surface area (TPSA) is 76.8 Å². The number of rotatable bonds is 4. The molecule has 0 spiro atoms. The van der Waals surface area contributed by atoms with Crippen LogP contribution in [0.25, 0.3) is 5.65 Å².